The lowest BCUT2D eigenvalue weighted by atomic mass is 9.93. The summed E-state index contributed by atoms with van der Waals surface area (Å²) >= 11 is 11.1. The predicted octanol–water partition coefficient (Wildman–Crippen LogP) is 2.69. The van der Waals surface area contributed by atoms with Gasteiger partial charge in [0, 0.05) is 11.8 Å². The Morgan fingerprint density at radius 3 is 1.75 bits per heavy atom. The van der Waals surface area contributed by atoms with Crippen LogP contribution in [-0.2, 0) is 0 Å². The Morgan fingerprint density at radius 1 is 1.38 bits per heavy atom. The van der Waals surface area contributed by atoms with Gasteiger partial charge in [-0.1, -0.05) is 6.92 Å². The molecule has 0 aromatic carbocycles. The van der Waals surface area contributed by atoms with Crippen molar-refractivity contribution in [3.8, 4) is 0 Å². The maximum Gasteiger partial charge on any atom is 0.0291 e. The van der Waals surface area contributed by atoms with E-state index in [0.717, 1.165) is 6.42 Å². The van der Waals surface area contributed by atoms with Gasteiger partial charge in [0.25, 0.3) is 0 Å². The van der Waals surface area contributed by atoms with Crippen molar-refractivity contribution >= 4 is 23.2 Å². The zero-order chi connectivity index (χ0) is 6.62. The molecule has 0 saturated heterocycles. The molecule has 0 fully saturated rings. The first kappa shape index (κ1) is 8.58. The van der Waals surface area contributed by atoms with Gasteiger partial charge >= 0.3 is 0 Å². The number of alkyl halides is 2. The molecule has 0 amide bonds. The second kappa shape index (κ2) is 3.58. The number of halogens is 2. The summed E-state index contributed by atoms with van der Waals surface area (Å²) in [4.78, 5) is 0. The molecule has 0 saturated carbocycles. The van der Waals surface area contributed by atoms with Crippen molar-refractivity contribution in [2.24, 2.45) is 5.41 Å². The molecule has 0 rings (SSSR count). The van der Waals surface area contributed by atoms with Gasteiger partial charge < -0.3 is 0 Å². The van der Waals surface area contributed by atoms with E-state index in [9.17, 15) is 0 Å². The Morgan fingerprint density at radius 2 is 1.75 bits per heavy atom. The average Bonchev–Trinajstić information content (AvgIpc) is 1.87. The first-order valence-corrected chi connectivity index (χ1v) is 3.72. The van der Waals surface area contributed by atoms with Crippen molar-refractivity contribution in [1.82, 2.24) is 0 Å². The van der Waals surface area contributed by atoms with Gasteiger partial charge in [0.1, 0.15) is 0 Å². The number of rotatable bonds is 3. The van der Waals surface area contributed by atoms with E-state index in [2.05, 4.69) is 6.92 Å². The predicted molar refractivity (Wildman–Crippen MR) is 39.5 cm³/mol. The SMILES string of the molecule is [CH2]C(CC)(CCl)CCl. The van der Waals surface area contributed by atoms with Gasteiger partial charge in [-0.25, -0.2) is 0 Å². The molecule has 0 spiro atoms. The summed E-state index contributed by atoms with van der Waals surface area (Å²) in [5.74, 6) is 1.10. The summed E-state index contributed by atoms with van der Waals surface area (Å²) in [5, 5.41) is 0. The van der Waals surface area contributed by atoms with E-state index >= 15 is 0 Å². The van der Waals surface area contributed by atoms with Crippen LogP contribution < -0.4 is 0 Å². The van der Waals surface area contributed by atoms with Crippen LogP contribution in [0.3, 0.4) is 0 Å². The standard InChI is InChI=1S/C6H11Cl2/c1-3-6(2,4-7)5-8/h2-5H2,1H3. The molecule has 0 aromatic rings. The Hall–Kier alpha value is 0.580. The summed E-state index contributed by atoms with van der Waals surface area (Å²) in [6, 6.07) is 0. The molecule has 2 heteroatoms. The van der Waals surface area contributed by atoms with Crippen molar-refractivity contribution in [3.63, 3.8) is 0 Å². The van der Waals surface area contributed by atoms with Crippen LogP contribution in [0.2, 0.25) is 0 Å². The van der Waals surface area contributed by atoms with Crippen LogP contribution in [0.25, 0.3) is 0 Å². The summed E-state index contributed by atoms with van der Waals surface area (Å²) in [5.41, 5.74) is -0.0941. The third-order valence-electron chi connectivity index (χ3n) is 1.32. The largest absolute Gasteiger partial charge is 0.126 e. The zero-order valence-electron chi connectivity index (χ0n) is 5.08. The van der Waals surface area contributed by atoms with Crippen LogP contribution in [0.1, 0.15) is 13.3 Å². The summed E-state index contributed by atoms with van der Waals surface area (Å²) < 4.78 is 0. The molecule has 0 unspecified atom stereocenters. The van der Waals surface area contributed by atoms with E-state index in [4.69, 9.17) is 23.2 Å². The third-order valence-corrected chi connectivity index (χ3v) is 2.45. The zero-order valence-corrected chi connectivity index (χ0v) is 6.60. The molecule has 49 valence electrons. The molecule has 0 bridgehead atoms. The Bertz CT molecular complexity index is 49.3. The number of hydrogen-bond acceptors (Lipinski definition) is 0. The summed E-state index contributed by atoms with van der Waals surface area (Å²) in [6.07, 6.45) is 0.944. The lowest BCUT2D eigenvalue weighted by molar-refractivity contribution is 0.471. The van der Waals surface area contributed by atoms with Gasteiger partial charge in [0.15, 0.2) is 0 Å². The fourth-order valence-electron chi connectivity index (χ4n) is 0.225. The molecule has 0 aromatic heterocycles. The molecule has 0 aliphatic heterocycles. The van der Waals surface area contributed by atoms with Gasteiger partial charge in [0.05, 0.1) is 0 Å². The van der Waals surface area contributed by atoms with Gasteiger partial charge in [0.2, 0.25) is 0 Å². The van der Waals surface area contributed by atoms with Crippen molar-refractivity contribution < 1.29 is 0 Å². The Balaban J connectivity index is 3.58. The fourth-order valence-corrected chi connectivity index (χ4v) is 0.888. The minimum atomic E-state index is -0.0941. The molecule has 0 nitrogen and oxygen atoms in total. The maximum absolute atomic E-state index is 5.56. The molecule has 8 heavy (non-hydrogen) atoms. The molecule has 1 radical (unpaired) electrons. The average molecular weight is 154 g/mol. The van der Waals surface area contributed by atoms with Crippen molar-refractivity contribution in [3.05, 3.63) is 6.92 Å². The second-order valence-electron chi connectivity index (χ2n) is 2.12. The topological polar surface area (TPSA) is 0 Å². The molecule has 0 aliphatic rings. The fraction of sp³-hybridized carbons (Fsp3) is 0.833. The highest BCUT2D eigenvalue weighted by atomic mass is 35.5. The minimum absolute atomic E-state index is 0.0941. The molecule has 0 aliphatic carbocycles. The van der Waals surface area contributed by atoms with E-state index < -0.39 is 0 Å². The van der Waals surface area contributed by atoms with Gasteiger partial charge in [-0.15, -0.1) is 23.2 Å². The van der Waals surface area contributed by atoms with E-state index in [1.807, 2.05) is 6.92 Å². The summed E-state index contributed by atoms with van der Waals surface area (Å²) in [7, 11) is 0. The highest BCUT2D eigenvalue weighted by Gasteiger charge is 2.18. The van der Waals surface area contributed by atoms with Crippen molar-refractivity contribution in [2.45, 2.75) is 13.3 Å². The van der Waals surface area contributed by atoms with Gasteiger partial charge in [-0.05, 0) is 18.8 Å². The van der Waals surface area contributed by atoms with Gasteiger partial charge in [-0.3, -0.25) is 0 Å². The Labute approximate surface area is 61.2 Å². The monoisotopic (exact) mass is 153 g/mol. The van der Waals surface area contributed by atoms with Crippen LogP contribution in [0.4, 0.5) is 0 Å². The molecular formula is C6H11Cl2. The summed E-state index contributed by atoms with van der Waals surface area (Å²) in [6.45, 7) is 5.90. The van der Waals surface area contributed by atoms with Crippen LogP contribution in [-0.4, -0.2) is 11.8 Å². The first-order chi connectivity index (χ1) is 3.68. The quantitative estimate of drug-likeness (QED) is 0.548. The normalized spacial score (nSPS) is 12.0. The molecule has 0 atom stereocenters. The Kier molecular flexibility index (Phi) is 3.84. The lowest BCUT2D eigenvalue weighted by Gasteiger charge is -2.20. The van der Waals surface area contributed by atoms with E-state index in [0.29, 0.717) is 11.8 Å². The lowest BCUT2D eigenvalue weighted by Crippen LogP contribution is -2.19. The maximum atomic E-state index is 5.56. The van der Waals surface area contributed by atoms with E-state index in [1.54, 1.807) is 0 Å². The van der Waals surface area contributed by atoms with E-state index in [1.165, 1.54) is 0 Å². The van der Waals surface area contributed by atoms with Gasteiger partial charge in [-0.2, -0.15) is 0 Å². The van der Waals surface area contributed by atoms with Crippen LogP contribution in [0, 0.1) is 12.3 Å². The van der Waals surface area contributed by atoms with Crippen LogP contribution >= 0.6 is 23.2 Å². The highest BCUT2D eigenvalue weighted by Crippen LogP contribution is 2.23. The van der Waals surface area contributed by atoms with Crippen LogP contribution in [0.15, 0.2) is 0 Å². The molecular weight excluding hydrogens is 143 g/mol. The highest BCUT2D eigenvalue weighted by molar-refractivity contribution is 6.21. The van der Waals surface area contributed by atoms with E-state index in [-0.39, 0.29) is 5.41 Å². The minimum Gasteiger partial charge on any atom is -0.126 e. The second-order valence-corrected chi connectivity index (χ2v) is 2.66. The molecule has 0 heterocycles. The smallest absolute Gasteiger partial charge is 0.0291 e. The molecule has 0 N–H and O–H groups in total. The van der Waals surface area contributed by atoms with Crippen molar-refractivity contribution in [1.29, 1.82) is 0 Å². The number of hydrogen-bond donors (Lipinski definition) is 0. The first-order valence-electron chi connectivity index (χ1n) is 2.66. The van der Waals surface area contributed by atoms with Crippen molar-refractivity contribution in [2.75, 3.05) is 11.8 Å². The van der Waals surface area contributed by atoms with Crippen LogP contribution in [0.5, 0.6) is 0 Å². The third kappa shape index (κ3) is 2.23.